The Morgan fingerprint density at radius 2 is 1.61 bits per heavy atom. The summed E-state index contributed by atoms with van der Waals surface area (Å²) in [5.74, 6) is -3.29. The Morgan fingerprint density at radius 3 is 2.07 bits per heavy atom. The number of carbonyl (C=O) groups is 3. The van der Waals surface area contributed by atoms with Crippen molar-refractivity contribution in [2.24, 2.45) is 5.92 Å². The lowest BCUT2D eigenvalue weighted by Crippen LogP contribution is -2.39. The highest BCUT2D eigenvalue weighted by Crippen LogP contribution is 2.36. The fraction of sp³-hybridized carbons (Fsp3) is 0.542. The molecule has 0 aliphatic heterocycles. The minimum absolute atomic E-state index is 0.00653. The third-order valence-corrected chi connectivity index (χ3v) is 5.78. The number of nitrogens with zero attached hydrogens (tertiary/aromatic N) is 4. The van der Waals surface area contributed by atoms with Gasteiger partial charge in [0, 0.05) is 32.6 Å². The van der Waals surface area contributed by atoms with Crippen LogP contribution >= 0.6 is 0 Å². The molecule has 41 heavy (non-hydrogen) atoms. The van der Waals surface area contributed by atoms with Crippen LogP contribution in [0.3, 0.4) is 0 Å². The van der Waals surface area contributed by atoms with Gasteiger partial charge in [-0.1, -0.05) is 20.8 Å². The smallest absolute Gasteiger partial charge is 0.493 e. The lowest BCUT2D eigenvalue weighted by atomic mass is 10.0. The number of hydrogen-bond donors (Lipinski definition) is 1. The number of carbonyl (C=O) groups excluding carboxylic acids is 2. The zero-order chi connectivity index (χ0) is 31.1. The van der Waals surface area contributed by atoms with Crippen molar-refractivity contribution < 1.29 is 57.6 Å². The van der Waals surface area contributed by atoms with E-state index in [-0.39, 0.29) is 23.6 Å². The Bertz CT molecular complexity index is 1260. The van der Waals surface area contributed by atoms with Gasteiger partial charge in [0.25, 0.3) is 5.69 Å². The van der Waals surface area contributed by atoms with Gasteiger partial charge in [0.15, 0.2) is 17.2 Å². The molecular formula is C24H32N4O13. The van der Waals surface area contributed by atoms with E-state index in [4.69, 9.17) is 38.3 Å². The first-order valence-electron chi connectivity index (χ1n) is 12.1. The van der Waals surface area contributed by atoms with E-state index in [0.717, 1.165) is 16.9 Å². The number of nitro benzene ring substituents is 1. The van der Waals surface area contributed by atoms with Gasteiger partial charge < -0.3 is 38.3 Å². The number of carboxylic acid groups (broad SMARTS) is 1. The van der Waals surface area contributed by atoms with Gasteiger partial charge in [-0.2, -0.15) is 0 Å². The van der Waals surface area contributed by atoms with Crippen molar-refractivity contribution in [3.8, 4) is 11.5 Å². The second-order valence-corrected chi connectivity index (χ2v) is 8.64. The van der Waals surface area contributed by atoms with E-state index in [1.807, 2.05) is 0 Å². The number of hydrogen-bond acceptors (Lipinski definition) is 14. The SMILES string of the molecule is CCC(OC)(OC)OC(=O)OC(C(C)C)n1nc(C(=O)c2cc(OC)c(OC)cc2[N+](=O)[O-])c(C(C)OC(=O)O)n1. The second kappa shape index (κ2) is 13.7. The predicted molar refractivity (Wildman–Crippen MR) is 136 cm³/mol. The van der Waals surface area contributed by atoms with Gasteiger partial charge in [0.1, 0.15) is 17.4 Å². The maximum atomic E-state index is 13.7. The molecule has 2 atom stereocenters. The maximum Gasteiger partial charge on any atom is 0.514 e. The molecule has 0 saturated heterocycles. The van der Waals surface area contributed by atoms with Crippen LogP contribution in [-0.2, 0) is 23.7 Å². The lowest BCUT2D eigenvalue weighted by molar-refractivity contribution is -0.385. The number of aromatic nitrogens is 3. The molecule has 0 spiro atoms. The van der Waals surface area contributed by atoms with E-state index in [1.54, 1.807) is 20.8 Å². The summed E-state index contributed by atoms with van der Waals surface area (Å²) in [4.78, 5) is 49.5. The molecule has 2 aromatic rings. The van der Waals surface area contributed by atoms with E-state index in [0.29, 0.717) is 0 Å². The van der Waals surface area contributed by atoms with Crippen LogP contribution in [0.15, 0.2) is 12.1 Å². The molecule has 1 heterocycles. The average molecular weight is 585 g/mol. The first-order valence-corrected chi connectivity index (χ1v) is 12.1. The van der Waals surface area contributed by atoms with Gasteiger partial charge in [-0.15, -0.1) is 15.0 Å². The maximum absolute atomic E-state index is 13.7. The molecule has 0 radical (unpaired) electrons. The van der Waals surface area contributed by atoms with Gasteiger partial charge in [0.2, 0.25) is 12.0 Å². The lowest BCUT2D eigenvalue weighted by Gasteiger charge is -2.29. The minimum Gasteiger partial charge on any atom is -0.493 e. The molecule has 0 aliphatic carbocycles. The largest absolute Gasteiger partial charge is 0.514 e. The van der Waals surface area contributed by atoms with E-state index in [2.05, 4.69) is 10.2 Å². The Kier molecular flexibility index (Phi) is 10.9. The molecule has 1 aromatic carbocycles. The minimum atomic E-state index is -1.74. The van der Waals surface area contributed by atoms with Crippen LogP contribution in [0, 0.1) is 16.0 Å². The van der Waals surface area contributed by atoms with Crippen molar-refractivity contribution in [3.63, 3.8) is 0 Å². The van der Waals surface area contributed by atoms with E-state index in [9.17, 15) is 24.5 Å². The highest BCUT2D eigenvalue weighted by molar-refractivity contribution is 6.11. The Morgan fingerprint density at radius 1 is 1.02 bits per heavy atom. The number of nitro groups is 1. The second-order valence-electron chi connectivity index (χ2n) is 8.64. The average Bonchev–Trinajstić information content (AvgIpc) is 3.38. The van der Waals surface area contributed by atoms with Gasteiger partial charge in [-0.25, -0.2) is 9.59 Å². The number of ketones is 1. The standard InChI is InChI=1S/C24H32N4O13/c1-9-24(37-7,38-8)41-23(32)40-21(12(2)3)27-25-18(13(4)39-22(30)31)19(26-27)20(29)14-10-16(35-5)17(36-6)11-15(14)28(33)34/h10-13,21H,9H2,1-8H3,(H,30,31). The molecule has 1 aromatic heterocycles. The van der Waals surface area contributed by atoms with E-state index in [1.165, 1.54) is 35.4 Å². The fourth-order valence-electron chi connectivity index (χ4n) is 3.65. The third kappa shape index (κ3) is 7.37. The molecule has 17 nitrogen and oxygen atoms in total. The zero-order valence-electron chi connectivity index (χ0n) is 23.7. The molecule has 2 unspecified atom stereocenters. The van der Waals surface area contributed by atoms with Crippen molar-refractivity contribution in [2.75, 3.05) is 28.4 Å². The van der Waals surface area contributed by atoms with Crippen LogP contribution in [0.2, 0.25) is 0 Å². The molecule has 0 fully saturated rings. The molecule has 0 bridgehead atoms. The van der Waals surface area contributed by atoms with Crippen LogP contribution in [0.4, 0.5) is 15.3 Å². The summed E-state index contributed by atoms with van der Waals surface area (Å²) in [5, 5.41) is 29.3. The summed E-state index contributed by atoms with van der Waals surface area (Å²) in [6.45, 7) is 6.18. The Hall–Kier alpha value is -4.51. The summed E-state index contributed by atoms with van der Waals surface area (Å²) in [6.07, 6.45) is -5.47. The quantitative estimate of drug-likeness (QED) is 0.110. The molecule has 0 aliphatic rings. The van der Waals surface area contributed by atoms with Crippen molar-refractivity contribution in [3.05, 3.63) is 39.2 Å². The molecule has 226 valence electrons. The van der Waals surface area contributed by atoms with Crippen molar-refractivity contribution in [1.82, 2.24) is 15.0 Å². The number of benzene rings is 1. The molecule has 0 saturated carbocycles. The molecule has 2 rings (SSSR count). The van der Waals surface area contributed by atoms with Gasteiger partial charge >= 0.3 is 18.3 Å². The normalized spacial score (nSPS) is 12.8. The van der Waals surface area contributed by atoms with E-state index >= 15 is 0 Å². The third-order valence-electron chi connectivity index (χ3n) is 5.78. The first kappa shape index (κ1) is 32.7. The molecule has 0 amide bonds. The van der Waals surface area contributed by atoms with E-state index < -0.39 is 64.2 Å². The molecule has 1 N–H and O–H groups in total. The fourth-order valence-corrected chi connectivity index (χ4v) is 3.65. The number of methoxy groups -OCH3 is 4. The van der Waals surface area contributed by atoms with Crippen LogP contribution in [0.1, 0.15) is 68.2 Å². The molecular weight excluding hydrogens is 552 g/mol. The number of ether oxygens (including phenoxy) is 7. The summed E-state index contributed by atoms with van der Waals surface area (Å²) in [5.41, 5.74) is -1.91. The Labute approximate surface area is 234 Å². The van der Waals surface area contributed by atoms with Gasteiger partial charge in [-0.3, -0.25) is 14.9 Å². The van der Waals surface area contributed by atoms with Crippen molar-refractivity contribution in [1.29, 1.82) is 0 Å². The van der Waals surface area contributed by atoms with Crippen molar-refractivity contribution in [2.45, 2.75) is 52.4 Å². The highest BCUT2D eigenvalue weighted by Gasteiger charge is 2.37. The predicted octanol–water partition coefficient (Wildman–Crippen LogP) is 3.85. The summed E-state index contributed by atoms with van der Waals surface area (Å²) < 4.78 is 35.9. The van der Waals surface area contributed by atoms with Crippen LogP contribution in [0.25, 0.3) is 0 Å². The van der Waals surface area contributed by atoms with Gasteiger partial charge in [0.05, 0.1) is 25.2 Å². The van der Waals surface area contributed by atoms with Gasteiger partial charge in [-0.05, 0) is 6.92 Å². The first-order chi connectivity index (χ1) is 19.3. The topological polar surface area (TPSA) is 210 Å². The monoisotopic (exact) mass is 584 g/mol. The summed E-state index contributed by atoms with van der Waals surface area (Å²) >= 11 is 0. The van der Waals surface area contributed by atoms with Crippen LogP contribution < -0.4 is 9.47 Å². The van der Waals surface area contributed by atoms with Crippen LogP contribution in [0.5, 0.6) is 11.5 Å². The summed E-state index contributed by atoms with van der Waals surface area (Å²) in [6, 6.07) is 2.08. The van der Waals surface area contributed by atoms with Crippen LogP contribution in [-0.4, -0.2) is 77.5 Å². The molecule has 17 heteroatoms. The zero-order valence-corrected chi connectivity index (χ0v) is 23.7. The number of rotatable bonds is 14. The Balaban J connectivity index is 2.66. The highest BCUT2D eigenvalue weighted by atomic mass is 16.9. The van der Waals surface area contributed by atoms with Crippen molar-refractivity contribution >= 4 is 23.8 Å². The summed E-state index contributed by atoms with van der Waals surface area (Å²) in [7, 11) is 5.05.